The molecule has 0 radical (unpaired) electrons. The van der Waals surface area contributed by atoms with Gasteiger partial charge in [-0.25, -0.2) is 9.29 Å². The van der Waals surface area contributed by atoms with Crippen molar-refractivity contribution in [2.75, 3.05) is 13.1 Å². The Morgan fingerprint density at radius 2 is 1.88 bits per heavy atom. The number of hydrogen-bond donors (Lipinski definition) is 1. The summed E-state index contributed by atoms with van der Waals surface area (Å²) in [5, 5.41) is 2.98. The van der Waals surface area contributed by atoms with Crippen LogP contribution in [0, 0.1) is 0 Å². The lowest BCUT2D eigenvalue weighted by Crippen LogP contribution is -2.23. The van der Waals surface area contributed by atoms with Gasteiger partial charge in [-0.1, -0.05) is 18.6 Å². The van der Waals surface area contributed by atoms with Crippen LogP contribution in [0.2, 0.25) is 0 Å². The summed E-state index contributed by atoms with van der Waals surface area (Å²) in [5.74, 6) is -0.0765. The fraction of sp³-hybridized carbons (Fsp3) is 0.300. The second-order valence-electron chi connectivity index (χ2n) is 6.52. The highest BCUT2D eigenvalue weighted by Crippen LogP contribution is 2.26. The minimum Gasteiger partial charge on any atom is -0.348 e. The standard InChI is InChI=1S/C20H22N4OS/c25-20(17-6-9-19-21-10-13-23(19)15-17)22-14-16-4-7-18(8-5-16)26-24-11-2-1-3-12-24/h4-10,13,15H,1-3,11-12,14H2,(H,22,25). The Morgan fingerprint density at radius 3 is 2.69 bits per heavy atom. The minimum absolute atomic E-state index is 0.0765. The number of aromatic nitrogens is 2. The smallest absolute Gasteiger partial charge is 0.253 e. The molecule has 0 atom stereocenters. The van der Waals surface area contributed by atoms with Crippen molar-refractivity contribution in [1.29, 1.82) is 0 Å². The molecule has 1 saturated heterocycles. The second-order valence-corrected chi connectivity index (χ2v) is 7.69. The van der Waals surface area contributed by atoms with E-state index < -0.39 is 0 Å². The van der Waals surface area contributed by atoms with Crippen molar-refractivity contribution in [3.8, 4) is 0 Å². The third-order valence-corrected chi connectivity index (χ3v) is 5.68. The molecule has 1 fully saturated rings. The van der Waals surface area contributed by atoms with Gasteiger partial charge in [0.15, 0.2) is 0 Å². The maximum Gasteiger partial charge on any atom is 0.253 e. The first-order valence-electron chi connectivity index (χ1n) is 9.01. The third-order valence-electron chi connectivity index (χ3n) is 4.58. The molecule has 134 valence electrons. The first-order chi connectivity index (χ1) is 12.8. The first kappa shape index (κ1) is 17.1. The number of piperidine rings is 1. The van der Waals surface area contributed by atoms with Crippen LogP contribution in [-0.2, 0) is 6.54 Å². The van der Waals surface area contributed by atoms with Gasteiger partial charge in [-0.05, 0) is 54.6 Å². The Hall–Kier alpha value is -2.31. The lowest BCUT2D eigenvalue weighted by atomic mass is 10.2. The lowest BCUT2D eigenvalue weighted by molar-refractivity contribution is 0.0950. The maximum absolute atomic E-state index is 12.4. The van der Waals surface area contributed by atoms with E-state index in [4.69, 9.17) is 0 Å². The van der Waals surface area contributed by atoms with Crippen LogP contribution in [-0.4, -0.2) is 32.7 Å². The van der Waals surface area contributed by atoms with E-state index in [0.29, 0.717) is 12.1 Å². The molecule has 1 aliphatic rings. The number of imidazole rings is 1. The van der Waals surface area contributed by atoms with Crippen molar-refractivity contribution in [3.63, 3.8) is 0 Å². The van der Waals surface area contributed by atoms with Gasteiger partial charge in [0.25, 0.3) is 5.91 Å². The number of nitrogens with one attached hydrogen (secondary N) is 1. The number of hydrogen-bond acceptors (Lipinski definition) is 4. The van der Waals surface area contributed by atoms with Crippen LogP contribution in [0.4, 0.5) is 0 Å². The quantitative estimate of drug-likeness (QED) is 0.699. The first-order valence-corrected chi connectivity index (χ1v) is 9.78. The molecule has 1 N–H and O–H groups in total. The number of benzene rings is 1. The number of pyridine rings is 1. The molecule has 1 amide bonds. The number of nitrogens with zero attached hydrogens (tertiary/aromatic N) is 3. The zero-order chi connectivity index (χ0) is 17.8. The Morgan fingerprint density at radius 1 is 1.08 bits per heavy atom. The monoisotopic (exact) mass is 366 g/mol. The van der Waals surface area contributed by atoms with Crippen LogP contribution in [0.1, 0.15) is 35.2 Å². The molecule has 0 bridgehead atoms. The van der Waals surface area contributed by atoms with E-state index in [2.05, 4.69) is 38.9 Å². The van der Waals surface area contributed by atoms with Crippen LogP contribution in [0.15, 0.2) is 59.9 Å². The van der Waals surface area contributed by atoms with Gasteiger partial charge in [-0.2, -0.15) is 0 Å². The largest absolute Gasteiger partial charge is 0.348 e. The van der Waals surface area contributed by atoms with Gasteiger partial charge in [0, 0.05) is 43.1 Å². The van der Waals surface area contributed by atoms with Crippen LogP contribution in [0.3, 0.4) is 0 Å². The normalized spacial score (nSPS) is 15.2. The summed E-state index contributed by atoms with van der Waals surface area (Å²) < 4.78 is 4.29. The van der Waals surface area contributed by atoms with Gasteiger partial charge in [0.05, 0.1) is 5.56 Å². The number of carbonyl (C=O) groups is 1. The fourth-order valence-corrected chi connectivity index (χ4v) is 4.11. The van der Waals surface area contributed by atoms with E-state index in [9.17, 15) is 4.79 Å². The van der Waals surface area contributed by atoms with E-state index in [-0.39, 0.29) is 5.91 Å². The predicted octanol–water partition coefficient (Wildman–Crippen LogP) is 3.76. The average Bonchev–Trinajstić information content (AvgIpc) is 3.16. The zero-order valence-corrected chi connectivity index (χ0v) is 15.4. The molecule has 0 unspecified atom stereocenters. The Balaban J connectivity index is 1.32. The van der Waals surface area contributed by atoms with Crippen LogP contribution >= 0.6 is 11.9 Å². The summed E-state index contributed by atoms with van der Waals surface area (Å²) in [5.41, 5.74) is 2.57. The molecular weight excluding hydrogens is 344 g/mol. The number of fused-ring (bicyclic) bond motifs is 1. The van der Waals surface area contributed by atoms with Gasteiger partial charge in [-0.15, -0.1) is 0 Å². The summed E-state index contributed by atoms with van der Waals surface area (Å²) in [6, 6.07) is 12.1. The molecule has 2 aromatic heterocycles. The van der Waals surface area contributed by atoms with Crippen molar-refractivity contribution in [1.82, 2.24) is 19.0 Å². The van der Waals surface area contributed by atoms with E-state index in [1.165, 1.54) is 37.2 Å². The molecule has 5 nitrogen and oxygen atoms in total. The summed E-state index contributed by atoms with van der Waals surface area (Å²) in [6.45, 7) is 2.86. The number of amides is 1. The van der Waals surface area contributed by atoms with Crippen molar-refractivity contribution in [2.45, 2.75) is 30.7 Å². The lowest BCUT2D eigenvalue weighted by Gasteiger charge is -2.25. The van der Waals surface area contributed by atoms with E-state index >= 15 is 0 Å². The van der Waals surface area contributed by atoms with Crippen molar-refractivity contribution < 1.29 is 4.79 Å². The molecule has 1 aromatic carbocycles. The Bertz CT molecular complexity index is 884. The molecule has 3 aromatic rings. The van der Waals surface area contributed by atoms with E-state index in [1.807, 2.05) is 28.6 Å². The molecular formula is C20H22N4OS. The SMILES string of the molecule is O=C(NCc1ccc(SN2CCCCC2)cc1)c1ccc2nccn2c1. The van der Waals surface area contributed by atoms with Crippen molar-refractivity contribution in [3.05, 3.63) is 66.1 Å². The topological polar surface area (TPSA) is 49.6 Å². The van der Waals surface area contributed by atoms with Crippen molar-refractivity contribution >= 4 is 23.5 Å². The van der Waals surface area contributed by atoms with Crippen LogP contribution < -0.4 is 5.32 Å². The second kappa shape index (κ2) is 7.93. The van der Waals surface area contributed by atoms with E-state index in [1.54, 1.807) is 18.5 Å². The average molecular weight is 366 g/mol. The van der Waals surface area contributed by atoms with Gasteiger partial charge >= 0.3 is 0 Å². The highest BCUT2D eigenvalue weighted by molar-refractivity contribution is 7.97. The van der Waals surface area contributed by atoms with Crippen molar-refractivity contribution in [2.24, 2.45) is 0 Å². The summed E-state index contributed by atoms with van der Waals surface area (Å²) >= 11 is 1.83. The number of rotatable bonds is 5. The molecule has 0 saturated carbocycles. The van der Waals surface area contributed by atoms with Gasteiger partial charge in [-0.3, -0.25) is 4.79 Å². The molecule has 3 heterocycles. The van der Waals surface area contributed by atoms with Crippen LogP contribution in [0.5, 0.6) is 0 Å². The summed E-state index contributed by atoms with van der Waals surface area (Å²) in [7, 11) is 0. The summed E-state index contributed by atoms with van der Waals surface area (Å²) in [4.78, 5) is 17.8. The highest BCUT2D eigenvalue weighted by atomic mass is 32.2. The Labute approximate surface area is 157 Å². The maximum atomic E-state index is 12.4. The molecule has 26 heavy (non-hydrogen) atoms. The highest BCUT2D eigenvalue weighted by Gasteiger charge is 2.11. The zero-order valence-electron chi connectivity index (χ0n) is 14.6. The molecule has 1 aliphatic heterocycles. The van der Waals surface area contributed by atoms with Gasteiger partial charge in [0.2, 0.25) is 0 Å². The molecule has 6 heteroatoms. The Kier molecular flexibility index (Phi) is 5.22. The van der Waals surface area contributed by atoms with E-state index in [0.717, 1.165) is 11.2 Å². The predicted molar refractivity (Wildman–Crippen MR) is 104 cm³/mol. The fourth-order valence-electron chi connectivity index (χ4n) is 3.11. The summed E-state index contributed by atoms with van der Waals surface area (Å²) in [6.07, 6.45) is 9.30. The third kappa shape index (κ3) is 4.08. The number of carbonyl (C=O) groups excluding carboxylic acids is 1. The minimum atomic E-state index is -0.0765. The molecule has 0 aliphatic carbocycles. The van der Waals surface area contributed by atoms with Gasteiger partial charge in [0.1, 0.15) is 5.65 Å². The molecule has 0 spiro atoms. The van der Waals surface area contributed by atoms with Crippen LogP contribution in [0.25, 0.3) is 5.65 Å². The molecule has 4 rings (SSSR count). The van der Waals surface area contributed by atoms with Gasteiger partial charge < -0.3 is 9.72 Å².